The molecule has 0 aliphatic heterocycles. The summed E-state index contributed by atoms with van der Waals surface area (Å²) in [4.78, 5) is 27.3. The predicted octanol–water partition coefficient (Wildman–Crippen LogP) is -0.269. The van der Waals surface area contributed by atoms with Gasteiger partial charge < -0.3 is 19.8 Å². The summed E-state index contributed by atoms with van der Waals surface area (Å²) in [5.74, 6) is -2.38. The third-order valence-corrected chi connectivity index (χ3v) is 1.79. The number of carbonyl (C=O) groups excluding carboxylic acids is 2. The molecule has 2 heterocycles. The maximum absolute atomic E-state index is 10.0. The second-order valence-electron chi connectivity index (χ2n) is 3.06. The molecule has 6 nitrogen and oxygen atoms in total. The van der Waals surface area contributed by atoms with Crippen LogP contribution in [0.2, 0.25) is 0 Å². The van der Waals surface area contributed by atoms with Gasteiger partial charge >= 0.3 is 17.1 Å². The van der Waals surface area contributed by atoms with Gasteiger partial charge in [0.15, 0.2) is 0 Å². The van der Waals surface area contributed by atoms with Gasteiger partial charge in [-0.15, -0.1) is 24.8 Å². The molecule has 0 saturated heterocycles. The molecule has 2 aromatic rings. The normalized spacial score (nSPS) is 7.62. The van der Waals surface area contributed by atoms with Gasteiger partial charge in [0.2, 0.25) is 0 Å². The number of carboxylic acids is 2. The Kier molecular flexibility index (Phi) is 15.5. The first-order valence-corrected chi connectivity index (χ1v) is 4.84. The van der Waals surface area contributed by atoms with Crippen LogP contribution in [0.25, 0.3) is 0 Å². The molecule has 0 fully saturated rings. The molecule has 0 aliphatic carbocycles. The average Bonchev–Trinajstić information content (AvgIpc) is 2.41. The van der Waals surface area contributed by atoms with Gasteiger partial charge in [-0.2, -0.15) is 0 Å². The number of pyridine rings is 2. The fourth-order valence-corrected chi connectivity index (χ4v) is 0.967. The van der Waals surface area contributed by atoms with Crippen LogP contribution in [0.3, 0.4) is 0 Å². The number of hydrogen-bond acceptors (Lipinski definition) is 6. The molecule has 0 spiro atoms. The molecule has 0 atom stereocenters. The summed E-state index contributed by atoms with van der Waals surface area (Å²) in [6, 6.07) is 5.96. The van der Waals surface area contributed by atoms with E-state index in [1.165, 1.54) is 36.9 Å². The summed E-state index contributed by atoms with van der Waals surface area (Å²) >= 11 is 0. The standard InChI is InChI=1S/2C6H5NO2.2ClH.Cu/c2*8-6(9)5-2-1-3-7-4-5;;;/h2*1-4H,(H,8,9);2*1H;/q;;;;+2/p-2. The summed E-state index contributed by atoms with van der Waals surface area (Å²) in [5.41, 5.74) is 0.218. The number of rotatable bonds is 2. The Hall–Kier alpha value is -1.66. The summed E-state index contributed by atoms with van der Waals surface area (Å²) in [6.07, 6.45) is 5.50. The molecule has 0 aromatic carbocycles. The fourth-order valence-electron chi connectivity index (χ4n) is 0.967. The zero-order valence-electron chi connectivity index (χ0n) is 10.3. The van der Waals surface area contributed by atoms with E-state index < -0.39 is 11.9 Å². The van der Waals surface area contributed by atoms with Crippen LogP contribution in [-0.2, 0) is 17.1 Å². The Morgan fingerprint density at radius 2 is 1.14 bits per heavy atom. The first kappa shape index (κ1) is 24.4. The van der Waals surface area contributed by atoms with Gasteiger partial charge in [-0.05, 0) is 12.1 Å². The number of carbonyl (C=O) groups is 2. The van der Waals surface area contributed by atoms with E-state index in [-0.39, 0.29) is 53.0 Å². The maximum atomic E-state index is 10.0. The minimum atomic E-state index is -1.19. The van der Waals surface area contributed by atoms with Crippen LogP contribution in [-0.4, -0.2) is 21.9 Å². The van der Waals surface area contributed by atoms with Crippen LogP contribution in [0.4, 0.5) is 0 Å². The Bertz CT molecular complexity index is 480. The summed E-state index contributed by atoms with van der Waals surface area (Å²) in [6.45, 7) is 0. The molecule has 1 radical (unpaired) electrons. The Labute approximate surface area is 143 Å². The quantitative estimate of drug-likeness (QED) is 0.664. The summed E-state index contributed by atoms with van der Waals surface area (Å²) < 4.78 is 0. The minimum absolute atomic E-state index is 0. The van der Waals surface area contributed by atoms with E-state index in [9.17, 15) is 19.8 Å². The molecule has 0 unspecified atom stereocenters. The Balaban J connectivity index is -0.000000270. The van der Waals surface area contributed by atoms with Crippen molar-refractivity contribution < 1.29 is 36.9 Å². The number of aromatic nitrogens is 2. The molecular formula is C12H10Cl2CuN2O4. The molecule has 0 N–H and O–H groups in total. The second kappa shape index (κ2) is 13.3. The van der Waals surface area contributed by atoms with Crippen molar-refractivity contribution in [3.05, 3.63) is 60.2 Å². The topological polar surface area (TPSA) is 106 Å². The zero-order valence-corrected chi connectivity index (χ0v) is 12.8. The van der Waals surface area contributed by atoms with Crippen molar-refractivity contribution in [2.24, 2.45) is 0 Å². The number of carboxylic acid groups (broad SMARTS) is 2. The van der Waals surface area contributed by atoms with Crippen LogP contribution in [0, 0.1) is 0 Å². The van der Waals surface area contributed by atoms with Crippen molar-refractivity contribution >= 4 is 36.8 Å². The third-order valence-electron chi connectivity index (χ3n) is 1.79. The number of aromatic carboxylic acids is 2. The van der Waals surface area contributed by atoms with Crippen LogP contribution in [0.5, 0.6) is 0 Å². The van der Waals surface area contributed by atoms with Crippen molar-refractivity contribution in [3.8, 4) is 0 Å². The average molecular weight is 381 g/mol. The van der Waals surface area contributed by atoms with E-state index in [0.29, 0.717) is 0 Å². The van der Waals surface area contributed by atoms with Gasteiger partial charge in [-0.3, -0.25) is 9.97 Å². The van der Waals surface area contributed by atoms with E-state index in [1.807, 2.05) is 0 Å². The van der Waals surface area contributed by atoms with Crippen LogP contribution in [0.1, 0.15) is 20.7 Å². The van der Waals surface area contributed by atoms with Crippen molar-refractivity contribution in [3.63, 3.8) is 0 Å². The smallest absolute Gasteiger partial charge is 0.545 e. The van der Waals surface area contributed by atoms with Gasteiger partial charge in [0.05, 0.1) is 11.9 Å². The monoisotopic (exact) mass is 379 g/mol. The molecule has 0 bridgehead atoms. The largest absolute Gasteiger partial charge is 2.00 e. The summed E-state index contributed by atoms with van der Waals surface area (Å²) in [7, 11) is 0. The van der Waals surface area contributed by atoms with Gasteiger partial charge in [0.25, 0.3) is 0 Å². The molecule has 2 aromatic heterocycles. The number of hydrogen-bond donors (Lipinski definition) is 0. The SMILES string of the molecule is Cl.Cl.O=C([O-])c1cccnc1.O=C([O-])c1cccnc1.[Cu+2]. The van der Waals surface area contributed by atoms with E-state index in [1.54, 1.807) is 12.1 Å². The van der Waals surface area contributed by atoms with Crippen LogP contribution >= 0.6 is 24.8 Å². The molecule has 0 saturated carbocycles. The first-order valence-electron chi connectivity index (χ1n) is 4.84. The number of halogens is 2. The Morgan fingerprint density at radius 3 is 1.29 bits per heavy atom. The van der Waals surface area contributed by atoms with Crippen LogP contribution in [0.15, 0.2) is 49.1 Å². The van der Waals surface area contributed by atoms with Crippen molar-refractivity contribution in [1.82, 2.24) is 9.97 Å². The third kappa shape index (κ3) is 9.81. The van der Waals surface area contributed by atoms with Crippen LogP contribution < -0.4 is 10.2 Å². The molecule has 0 amide bonds. The molecule has 9 heteroatoms. The molecular weight excluding hydrogens is 371 g/mol. The van der Waals surface area contributed by atoms with Crippen molar-refractivity contribution in [1.29, 1.82) is 0 Å². The van der Waals surface area contributed by atoms with E-state index in [2.05, 4.69) is 9.97 Å². The van der Waals surface area contributed by atoms with Crippen molar-refractivity contribution in [2.75, 3.05) is 0 Å². The zero-order chi connectivity index (χ0) is 13.4. The van der Waals surface area contributed by atoms with E-state index >= 15 is 0 Å². The number of nitrogens with zero attached hydrogens (tertiary/aromatic N) is 2. The van der Waals surface area contributed by atoms with E-state index in [4.69, 9.17) is 0 Å². The Morgan fingerprint density at radius 1 is 0.810 bits per heavy atom. The van der Waals surface area contributed by atoms with Crippen molar-refractivity contribution in [2.45, 2.75) is 0 Å². The molecule has 21 heavy (non-hydrogen) atoms. The molecule has 0 aliphatic rings. The van der Waals surface area contributed by atoms with Gasteiger partial charge in [-0.1, -0.05) is 12.1 Å². The van der Waals surface area contributed by atoms with Gasteiger partial charge in [0.1, 0.15) is 0 Å². The second-order valence-corrected chi connectivity index (χ2v) is 3.06. The minimum Gasteiger partial charge on any atom is -0.545 e. The predicted molar refractivity (Wildman–Crippen MR) is 71.6 cm³/mol. The fraction of sp³-hybridized carbons (Fsp3) is 0. The first-order chi connectivity index (χ1) is 8.61. The maximum Gasteiger partial charge on any atom is 2.00 e. The molecule has 2 rings (SSSR count). The van der Waals surface area contributed by atoms with Gasteiger partial charge in [-0.25, -0.2) is 0 Å². The van der Waals surface area contributed by atoms with Gasteiger partial charge in [0, 0.05) is 35.9 Å². The van der Waals surface area contributed by atoms with E-state index in [0.717, 1.165) is 0 Å². The summed E-state index contributed by atoms with van der Waals surface area (Å²) in [5, 5.41) is 20.1. The molecule has 117 valence electrons.